The number of nitro benzene ring substituents is 1. The number of rotatable bonds is 7. The molecule has 1 amide bonds. The van der Waals surface area contributed by atoms with Gasteiger partial charge in [0.15, 0.2) is 11.0 Å². The number of anilines is 1. The molecule has 0 aliphatic carbocycles. The van der Waals surface area contributed by atoms with Crippen LogP contribution in [0.5, 0.6) is 5.75 Å². The van der Waals surface area contributed by atoms with E-state index in [1.807, 2.05) is 30.3 Å². The van der Waals surface area contributed by atoms with Crippen molar-refractivity contribution >= 4 is 45.0 Å². The molecule has 0 unspecified atom stereocenters. The van der Waals surface area contributed by atoms with Crippen LogP contribution in [0.4, 0.5) is 11.4 Å². The zero-order chi connectivity index (χ0) is 24.2. The first-order valence-corrected chi connectivity index (χ1v) is 11.8. The van der Waals surface area contributed by atoms with E-state index in [1.54, 1.807) is 29.7 Å². The van der Waals surface area contributed by atoms with Gasteiger partial charge in [-0.2, -0.15) is 0 Å². The normalized spacial score (nSPS) is 10.8. The first kappa shape index (κ1) is 23.5. The summed E-state index contributed by atoms with van der Waals surface area (Å²) < 4.78 is 2.55. The molecule has 0 saturated carbocycles. The number of phenols is 1. The van der Waals surface area contributed by atoms with Crippen LogP contribution in [-0.4, -0.2) is 36.5 Å². The molecule has 11 heteroatoms. The molecule has 2 N–H and O–H groups in total. The maximum atomic E-state index is 12.6. The number of nitro groups is 1. The summed E-state index contributed by atoms with van der Waals surface area (Å²) in [6, 6.07) is 18.7. The second-order valence-electron chi connectivity index (χ2n) is 7.23. The molecule has 0 bridgehead atoms. The van der Waals surface area contributed by atoms with E-state index in [9.17, 15) is 20.0 Å². The number of aryl methyl sites for hydroxylation is 1. The van der Waals surface area contributed by atoms with Crippen LogP contribution >= 0.6 is 27.7 Å². The summed E-state index contributed by atoms with van der Waals surface area (Å²) in [6.45, 7) is 1.69. The Bertz CT molecular complexity index is 1380. The smallest absolute Gasteiger partial charge is 0.269 e. The molecule has 34 heavy (non-hydrogen) atoms. The summed E-state index contributed by atoms with van der Waals surface area (Å²) in [5, 5.41) is 33.1. The molecular weight excluding hydrogens is 522 g/mol. The molecule has 0 saturated heterocycles. The molecule has 0 aliphatic heterocycles. The van der Waals surface area contributed by atoms with Gasteiger partial charge in [-0.15, -0.1) is 10.2 Å². The van der Waals surface area contributed by atoms with Gasteiger partial charge < -0.3 is 10.4 Å². The number of hydrogen-bond donors (Lipinski definition) is 2. The van der Waals surface area contributed by atoms with Gasteiger partial charge in [-0.3, -0.25) is 19.5 Å². The van der Waals surface area contributed by atoms with Crippen molar-refractivity contribution in [1.82, 2.24) is 14.8 Å². The van der Waals surface area contributed by atoms with E-state index in [2.05, 4.69) is 31.4 Å². The summed E-state index contributed by atoms with van der Waals surface area (Å²) in [4.78, 5) is 23.1. The highest BCUT2D eigenvalue weighted by atomic mass is 79.9. The number of phenolic OH excluding ortho intramolecular Hbond substituents is 1. The molecule has 0 aliphatic rings. The monoisotopic (exact) mass is 539 g/mol. The van der Waals surface area contributed by atoms with Gasteiger partial charge in [0.1, 0.15) is 5.75 Å². The Balaban J connectivity index is 1.59. The van der Waals surface area contributed by atoms with Crippen molar-refractivity contribution in [1.29, 1.82) is 0 Å². The highest BCUT2D eigenvalue weighted by molar-refractivity contribution is 9.10. The van der Waals surface area contributed by atoms with Gasteiger partial charge in [-0.05, 0) is 48.9 Å². The lowest BCUT2D eigenvalue weighted by Crippen LogP contribution is -2.15. The van der Waals surface area contributed by atoms with Crippen molar-refractivity contribution in [3.63, 3.8) is 0 Å². The number of hydrogen-bond acceptors (Lipinski definition) is 7. The van der Waals surface area contributed by atoms with Gasteiger partial charge in [0.25, 0.3) is 5.69 Å². The molecular formula is C23H18BrN5O4S. The van der Waals surface area contributed by atoms with Crippen LogP contribution < -0.4 is 5.32 Å². The van der Waals surface area contributed by atoms with E-state index in [0.717, 1.165) is 10.2 Å². The molecule has 4 rings (SSSR count). The third-order valence-electron chi connectivity index (χ3n) is 4.87. The number of halogens is 1. The number of benzene rings is 3. The number of aromatic hydroxyl groups is 1. The number of thioether (sulfide) groups is 1. The van der Waals surface area contributed by atoms with Gasteiger partial charge in [-0.25, -0.2) is 0 Å². The van der Waals surface area contributed by atoms with Gasteiger partial charge in [0.2, 0.25) is 5.91 Å². The van der Waals surface area contributed by atoms with Crippen LogP contribution in [0, 0.1) is 17.0 Å². The van der Waals surface area contributed by atoms with Crippen LogP contribution in [0.1, 0.15) is 5.56 Å². The first-order valence-electron chi connectivity index (χ1n) is 10.0. The molecule has 1 heterocycles. The van der Waals surface area contributed by atoms with Crippen LogP contribution in [0.15, 0.2) is 76.4 Å². The highest BCUT2D eigenvalue weighted by Gasteiger charge is 2.20. The van der Waals surface area contributed by atoms with Gasteiger partial charge in [0, 0.05) is 28.0 Å². The summed E-state index contributed by atoms with van der Waals surface area (Å²) in [6.07, 6.45) is 0. The largest absolute Gasteiger partial charge is 0.507 e. The van der Waals surface area contributed by atoms with E-state index in [0.29, 0.717) is 27.8 Å². The zero-order valence-electron chi connectivity index (χ0n) is 17.8. The quantitative estimate of drug-likeness (QED) is 0.184. The van der Waals surface area contributed by atoms with E-state index in [1.165, 1.54) is 30.0 Å². The maximum absolute atomic E-state index is 12.6. The summed E-state index contributed by atoms with van der Waals surface area (Å²) in [5.74, 6) is 0.220. The Hall–Kier alpha value is -3.70. The first-order chi connectivity index (χ1) is 16.3. The van der Waals surface area contributed by atoms with Crippen LogP contribution in [0.3, 0.4) is 0 Å². The molecule has 3 aromatic carbocycles. The van der Waals surface area contributed by atoms with E-state index in [4.69, 9.17) is 0 Å². The van der Waals surface area contributed by atoms with E-state index < -0.39 is 4.92 Å². The fourth-order valence-corrected chi connectivity index (χ4v) is 4.37. The minimum absolute atomic E-state index is 0.0336. The Labute approximate surface area is 207 Å². The third-order valence-corrected chi connectivity index (χ3v) is 6.30. The molecule has 4 aromatic rings. The number of nitrogens with zero attached hydrogens (tertiary/aromatic N) is 4. The Kier molecular flexibility index (Phi) is 6.94. The second-order valence-corrected chi connectivity index (χ2v) is 9.09. The number of carbonyl (C=O) groups is 1. The Morgan fingerprint density at radius 2 is 1.91 bits per heavy atom. The lowest BCUT2D eigenvalue weighted by Gasteiger charge is -2.12. The number of carbonyl (C=O) groups excluding carboxylic acids is 1. The molecule has 172 valence electrons. The number of aromatic nitrogens is 3. The number of amides is 1. The minimum Gasteiger partial charge on any atom is -0.507 e. The molecule has 9 nitrogen and oxygen atoms in total. The Morgan fingerprint density at radius 3 is 2.62 bits per heavy atom. The molecule has 0 fully saturated rings. The van der Waals surface area contributed by atoms with Crippen LogP contribution in [0.2, 0.25) is 0 Å². The summed E-state index contributed by atoms with van der Waals surface area (Å²) >= 11 is 4.60. The molecule has 0 radical (unpaired) electrons. The van der Waals surface area contributed by atoms with Gasteiger partial charge in [-0.1, -0.05) is 45.9 Å². The second kappa shape index (κ2) is 10.1. The van der Waals surface area contributed by atoms with Crippen molar-refractivity contribution in [2.24, 2.45) is 0 Å². The average molecular weight is 540 g/mol. The molecule has 0 atom stereocenters. The fraction of sp³-hybridized carbons (Fsp3) is 0.0870. The number of non-ortho nitro benzene ring substituents is 1. The lowest BCUT2D eigenvalue weighted by atomic mass is 10.2. The zero-order valence-corrected chi connectivity index (χ0v) is 20.2. The SMILES string of the molecule is Cc1cc([N+](=O)[O-])ccc1NC(=O)CSc1nnc(-c2cc(Br)ccc2O)n1-c1ccccc1. The van der Waals surface area contributed by atoms with Crippen molar-refractivity contribution in [2.75, 3.05) is 11.1 Å². The molecule has 1 aromatic heterocycles. The average Bonchev–Trinajstić information content (AvgIpc) is 3.24. The maximum Gasteiger partial charge on any atom is 0.269 e. The van der Waals surface area contributed by atoms with E-state index in [-0.39, 0.29) is 23.1 Å². The van der Waals surface area contributed by atoms with Crippen molar-refractivity contribution in [2.45, 2.75) is 12.1 Å². The lowest BCUT2D eigenvalue weighted by molar-refractivity contribution is -0.384. The standard InChI is InChI=1S/C23H18BrN5O4S/c1-14-11-17(29(32)33)8-9-19(14)25-21(31)13-34-23-27-26-22(18-12-15(24)7-10-20(18)30)28(23)16-5-3-2-4-6-16/h2-12,30H,13H2,1H3,(H,25,31). The summed E-state index contributed by atoms with van der Waals surface area (Å²) in [7, 11) is 0. The fourth-order valence-electron chi connectivity index (χ4n) is 3.25. The van der Waals surface area contributed by atoms with Crippen molar-refractivity contribution < 1.29 is 14.8 Å². The van der Waals surface area contributed by atoms with Gasteiger partial charge in [0.05, 0.1) is 16.2 Å². The summed E-state index contributed by atoms with van der Waals surface area (Å²) in [5.41, 5.74) is 2.32. The minimum atomic E-state index is -0.481. The van der Waals surface area contributed by atoms with Crippen LogP contribution in [-0.2, 0) is 4.79 Å². The van der Waals surface area contributed by atoms with Crippen molar-refractivity contribution in [3.05, 3.63) is 86.9 Å². The number of para-hydroxylation sites is 1. The topological polar surface area (TPSA) is 123 Å². The Morgan fingerprint density at radius 1 is 1.15 bits per heavy atom. The van der Waals surface area contributed by atoms with Crippen LogP contribution in [0.25, 0.3) is 17.1 Å². The third kappa shape index (κ3) is 5.10. The van der Waals surface area contributed by atoms with Crippen molar-refractivity contribution in [3.8, 4) is 22.8 Å². The van der Waals surface area contributed by atoms with Gasteiger partial charge >= 0.3 is 0 Å². The predicted octanol–water partition coefficient (Wildman–Crippen LogP) is 5.35. The van der Waals surface area contributed by atoms with E-state index >= 15 is 0 Å². The predicted molar refractivity (Wildman–Crippen MR) is 133 cm³/mol. The number of nitrogens with one attached hydrogen (secondary N) is 1. The highest BCUT2D eigenvalue weighted by Crippen LogP contribution is 2.34. The molecule has 0 spiro atoms.